The topological polar surface area (TPSA) is 95.1 Å². The number of rotatable bonds is 5. The number of aliphatic carboxylic acids is 1. The number of hydrogen-bond donors (Lipinski definition) is 3. The van der Waals surface area contributed by atoms with Crippen LogP contribution < -0.4 is 5.32 Å². The molecule has 0 unspecified atom stereocenters. The van der Waals surface area contributed by atoms with Crippen molar-refractivity contribution in [3.8, 4) is 0 Å². The zero-order chi connectivity index (χ0) is 14.5. The van der Waals surface area contributed by atoms with Crippen LogP contribution in [0.15, 0.2) is 18.2 Å². The first kappa shape index (κ1) is 14.3. The summed E-state index contributed by atoms with van der Waals surface area (Å²) in [5.74, 6) is -1.95. The third-order valence-electron chi connectivity index (χ3n) is 3.49. The second-order valence-electron chi connectivity index (χ2n) is 5.01. The number of hydrogen-bond acceptors (Lipinski definition) is 3. The van der Waals surface area contributed by atoms with Crippen LogP contribution in [0.4, 0.5) is 5.82 Å². The summed E-state index contributed by atoms with van der Waals surface area (Å²) in [7, 11) is 0. The van der Waals surface area contributed by atoms with Crippen molar-refractivity contribution in [1.29, 1.82) is 0 Å². The van der Waals surface area contributed by atoms with E-state index >= 15 is 0 Å². The van der Waals surface area contributed by atoms with Crippen LogP contribution in [0.3, 0.4) is 0 Å². The Hall–Kier alpha value is -2.11. The van der Waals surface area contributed by atoms with Crippen LogP contribution in [0.5, 0.6) is 0 Å². The van der Waals surface area contributed by atoms with E-state index in [-0.39, 0.29) is 5.91 Å². The van der Waals surface area contributed by atoms with Gasteiger partial charge in [-0.2, -0.15) is 5.10 Å². The molecule has 0 bridgehead atoms. The van der Waals surface area contributed by atoms with Crippen LogP contribution in [-0.4, -0.2) is 27.2 Å². The van der Waals surface area contributed by atoms with E-state index in [0.717, 1.165) is 18.5 Å². The molecule has 0 saturated carbocycles. The molecular weight excluding hydrogens is 258 g/mol. The third-order valence-corrected chi connectivity index (χ3v) is 3.49. The first-order valence-electron chi connectivity index (χ1n) is 6.84. The Balaban J connectivity index is 2.02. The summed E-state index contributed by atoms with van der Waals surface area (Å²) < 4.78 is 0. The minimum absolute atomic E-state index is 0.281. The maximum atomic E-state index is 12.2. The first-order chi connectivity index (χ1) is 9.61. The van der Waals surface area contributed by atoms with E-state index < -0.39 is 17.8 Å². The summed E-state index contributed by atoms with van der Waals surface area (Å²) in [6.45, 7) is 2.06. The first-order valence-corrected chi connectivity index (χ1v) is 6.84. The van der Waals surface area contributed by atoms with Crippen molar-refractivity contribution in [2.45, 2.75) is 32.6 Å². The number of aromatic amines is 1. The Morgan fingerprint density at radius 3 is 2.75 bits per heavy atom. The second-order valence-corrected chi connectivity index (χ2v) is 5.01. The van der Waals surface area contributed by atoms with Crippen molar-refractivity contribution in [3.05, 3.63) is 23.9 Å². The van der Waals surface area contributed by atoms with Gasteiger partial charge in [-0.25, -0.2) is 0 Å². The molecule has 1 aliphatic carbocycles. The maximum absolute atomic E-state index is 12.2. The van der Waals surface area contributed by atoms with Crippen LogP contribution in [0.25, 0.3) is 0 Å². The molecule has 0 aliphatic heterocycles. The number of carboxylic acid groups (broad SMARTS) is 1. The molecule has 20 heavy (non-hydrogen) atoms. The maximum Gasteiger partial charge on any atom is 0.307 e. The molecule has 2 atom stereocenters. The molecule has 0 fully saturated rings. The van der Waals surface area contributed by atoms with E-state index in [9.17, 15) is 9.59 Å². The average molecular weight is 277 g/mol. The molecule has 1 aromatic heterocycles. The molecule has 0 aromatic carbocycles. The number of amides is 1. The molecule has 0 spiro atoms. The highest BCUT2D eigenvalue weighted by Gasteiger charge is 2.34. The Kier molecular flexibility index (Phi) is 4.55. The van der Waals surface area contributed by atoms with E-state index in [1.54, 1.807) is 6.07 Å². The standard InChI is InChI=1S/C14H19N3O3/c1-2-5-9-8-12(17-16-9)15-13(18)10-6-3-4-7-11(10)14(19)20/h3-4,8,10-11H,2,5-7H2,1H3,(H,19,20)(H2,15,16,17,18)/t10-,11+/m1/s1. The highest BCUT2D eigenvalue weighted by Crippen LogP contribution is 2.27. The number of anilines is 1. The minimum Gasteiger partial charge on any atom is -0.481 e. The quantitative estimate of drug-likeness (QED) is 0.717. The Morgan fingerprint density at radius 1 is 1.40 bits per heavy atom. The fraction of sp³-hybridized carbons (Fsp3) is 0.500. The lowest BCUT2D eigenvalue weighted by Gasteiger charge is -2.23. The fourth-order valence-electron chi connectivity index (χ4n) is 2.42. The van der Waals surface area contributed by atoms with Crippen LogP contribution in [0, 0.1) is 11.8 Å². The molecular formula is C14H19N3O3. The molecule has 1 aliphatic rings. The summed E-state index contributed by atoms with van der Waals surface area (Å²) in [6, 6.07) is 1.79. The molecule has 108 valence electrons. The van der Waals surface area contributed by atoms with Crippen molar-refractivity contribution in [2.24, 2.45) is 11.8 Å². The number of H-pyrrole nitrogens is 1. The fourth-order valence-corrected chi connectivity index (χ4v) is 2.42. The van der Waals surface area contributed by atoms with Gasteiger partial charge in [-0.15, -0.1) is 0 Å². The number of aromatic nitrogens is 2. The van der Waals surface area contributed by atoms with Crippen molar-refractivity contribution in [3.63, 3.8) is 0 Å². The number of allylic oxidation sites excluding steroid dienone is 2. The van der Waals surface area contributed by atoms with Gasteiger partial charge < -0.3 is 10.4 Å². The number of carbonyl (C=O) groups excluding carboxylic acids is 1. The minimum atomic E-state index is -0.928. The Labute approximate surface area is 117 Å². The van der Waals surface area contributed by atoms with Gasteiger partial charge in [0.2, 0.25) is 5.91 Å². The van der Waals surface area contributed by atoms with Gasteiger partial charge in [0.1, 0.15) is 0 Å². The van der Waals surface area contributed by atoms with Gasteiger partial charge in [0.15, 0.2) is 5.82 Å². The number of aryl methyl sites for hydroxylation is 1. The zero-order valence-electron chi connectivity index (χ0n) is 11.4. The van der Waals surface area contributed by atoms with Gasteiger partial charge in [-0.3, -0.25) is 14.7 Å². The molecule has 6 nitrogen and oxygen atoms in total. The summed E-state index contributed by atoms with van der Waals surface area (Å²) in [5.41, 5.74) is 0.959. The van der Waals surface area contributed by atoms with Gasteiger partial charge in [0.05, 0.1) is 11.8 Å². The number of carboxylic acids is 1. The number of carbonyl (C=O) groups is 2. The van der Waals surface area contributed by atoms with Crippen LogP contribution in [0.2, 0.25) is 0 Å². The largest absolute Gasteiger partial charge is 0.481 e. The van der Waals surface area contributed by atoms with Gasteiger partial charge in [0.25, 0.3) is 0 Å². The number of nitrogens with one attached hydrogen (secondary N) is 2. The molecule has 2 rings (SSSR count). The van der Waals surface area contributed by atoms with E-state index in [1.165, 1.54) is 0 Å². The van der Waals surface area contributed by atoms with Crippen molar-refractivity contribution >= 4 is 17.7 Å². The summed E-state index contributed by atoms with van der Waals surface area (Å²) in [6.07, 6.45) is 6.38. The lowest BCUT2D eigenvalue weighted by molar-refractivity contribution is -0.146. The summed E-state index contributed by atoms with van der Waals surface area (Å²) >= 11 is 0. The predicted octanol–water partition coefficient (Wildman–Crippen LogP) is 1.97. The molecule has 1 heterocycles. The summed E-state index contributed by atoms with van der Waals surface area (Å²) in [5, 5.41) is 18.7. The van der Waals surface area contributed by atoms with Crippen molar-refractivity contribution in [2.75, 3.05) is 5.32 Å². The molecule has 3 N–H and O–H groups in total. The number of nitrogens with zero attached hydrogens (tertiary/aromatic N) is 1. The monoisotopic (exact) mass is 277 g/mol. The van der Waals surface area contributed by atoms with E-state index in [4.69, 9.17) is 5.11 Å². The van der Waals surface area contributed by atoms with Crippen LogP contribution in [0.1, 0.15) is 31.9 Å². The van der Waals surface area contributed by atoms with E-state index in [0.29, 0.717) is 18.7 Å². The second kappa shape index (κ2) is 6.36. The lowest BCUT2D eigenvalue weighted by atomic mass is 9.82. The Morgan fingerprint density at radius 2 is 2.10 bits per heavy atom. The third kappa shape index (κ3) is 3.26. The van der Waals surface area contributed by atoms with Gasteiger partial charge in [-0.05, 0) is 19.3 Å². The smallest absolute Gasteiger partial charge is 0.307 e. The highest BCUT2D eigenvalue weighted by molar-refractivity contribution is 5.94. The van der Waals surface area contributed by atoms with Crippen LogP contribution in [-0.2, 0) is 16.0 Å². The molecule has 1 amide bonds. The zero-order valence-corrected chi connectivity index (χ0v) is 11.4. The van der Waals surface area contributed by atoms with Crippen molar-refractivity contribution < 1.29 is 14.7 Å². The van der Waals surface area contributed by atoms with Gasteiger partial charge in [-0.1, -0.05) is 25.5 Å². The highest BCUT2D eigenvalue weighted by atomic mass is 16.4. The molecule has 0 saturated heterocycles. The summed E-state index contributed by atoms with van der Waals surface area (Å²) in [4.78, 5) is 23.4. The van der Waals surface area contributed by atoms with Crippen LogP contribution >= 0.6 is 0 Å². The SMILES string of the molecule is CCCc1cc(NC(=O)[C@@H]2CC=CC[C@@H]2C(=O)O)n[nH]1. The van der Waals surface area contributed by atoms with Crippen molar-refractivity contribution in [1.82, 2.24) is 10.2 Å². The van der Waals surface area contributed by atoms with Gasteiger partial charge in [0, 0.05) is 11.8 Å². The van der Waals surface area contributed by atoms with E-state index in [1.807, 2.05) is 12.2 Å². The molecule has 1 aromatic rings. The normalized spacial score (nSPS) is 21.6. The lowest BCUT2D eigenvalue weighted by Crippen LogP contribution is -2.34. The van der Waals surface area contributed by atoms with Gasteiger partial charge >= 0.3 is 5.97 Å². The predicted molar refractivity (Wildman–Crippen MR) is 74.2 cm³/mol. The molecule has 0 radical (unpaired) electrons. The molecule has 6 heteroatoms. The van der Waals surface area contributed by atoms with E-state index in [2.05, 4.69) is 22.4 Å². The Bertz CT molecular complexity index is 521. The average Bonchev–Trinajstić information content (AvgIpc) is 2.86.